The van der Waals surface area contributed by atoms with Crippen molar-refractivity contribution in [3.8, 4) is 5.75 Å². The molecule has 6 nitrogen and oxygen atoms in total. The normalized spacial score (nSPS) is 26.8. The van der Waals surface area contributed by atoms with E-state index in [1.807, 2.05) is 16.9 Å². The third-order valence-electron chi connectivity index (χ3n) is 5.70. The molecule has 1 aromatic carbocycles. The number of benzene rings is 1. The van der Waals surface area contributed by atoms with Gasteiger partial charge in [0.1, 0.15) is 5.75 Å². The minimum atomic E-state index is -0.159. The van der Waals surface area contributed by atoms with Crippen LogP contribution in [0.25, 0.3) is 0 Å². The van der Waals surface area contributed by atoms with E-state index in [4.69, 9.17) is 4.74 Å². The summed E-state index contributed by atoms with van der Waals surface area (Å²) in [4.78, 5) is 4.99. The maximum atomic E-state index is 9.96. The Hall–Kier alpha value is -1.89. The van der Waals surface area contributed by atoms with Crippen LogP contribution < -0.4 is 4.74 Å². The molecule has 2 saturated heterocycles. The van der Waals surface area contributed by atoms with Gasteiger partial charge in [-0.3, -0.25) is 14.5 Å². The minimum Gasteiger partial charge on any atom is -0.496 e. The van der Waals surface area contributed by atoms with Crippen LogP contribution in [-0.2, 0) is 13.1 Å². The molecule has 0 radical (unpaired) electrons. The number of ether oxygens (including phenoxy) is 1. The Morgan fingerprint density at radius 3 is 2.88 bits per heavy atom. The van der Waals surface area contributed by atoms with Crippen LogP contribution in [0.2, 0.25) is 0 Å². The molecule has 3 atom stereocenters. The van der Waals surface area contributed by atoms with Gasteiger partial charge in [-0.1, -0.05) is 6.07 Å². The Bertz CT molecular complexity index is 733. The highest BCUT2D eigenvalue weighted by atomic mass is 16.5. The molecule has 0 aliphatic carbocycles. The number of hydrogen-bond donors (Lipinski definition) is 1. The fourth-order valence-electron chi connectivity index (χ4n) is 4.35. The molecule has 0 amide bonds. The summed E-state index contributed by atoms with van der Waals surface area (Å²) in [5.74, 6) is 0.904. The SMILES string of the molecule is COc1ccc(CN2C[C@@H]3C[C@@H](O)CN3C[C@@H]2C)cc1Cn1cccn1. The van der Waals surface area contributed by atoms with Gasteiger partial charge in [-0.05, 0) is 37.1 Å². The second-order valence-corrected chi connectivity index (χ2v) is 7.63. The zero-order chi connectivity index (χ0) is 18.1. The van der Waals surface area contributed by atoms with Crippen LogP contribution in [0, 0.1) is 0 Å². The van der Waals surface area contributed by atoms with E-state index >= 15 is 0 Å². The first-order valence-corrected chi connectivity index (χ1v) is 9.41. The summed E-state index contributed by atoms with van der Waals surface area (Å²) >= 11 is 0. The molecule has 3 heterocycles. The minimum absolute atomic E-state index is 0.159. The first kappa shape index (κ1) is 17.5. The van der Waals surface area contributed by atoms with Crippen molar-refractivity contribution in [1.29, 1.82) is 0 Å². The molecule has 6 heteroatoms. The maximum Gasteiger partial charge on any atom is 0.123 e. The molecule has 0 saturated carbocycles. The highest BCUT2D eigenvalue weighted by Crippen LogP contribution is 2.27. The zero-order valence-corrected chi connectivity index (χ0v) is 15.6. The van der Waals surface area contributed by atoms with Crippen molar-refractivity contribution in [2.75, 3.05) is 26.7 Å². The third-order valence-corrected chi connectivity index (χ3v) is 5.70. The van der Waals surface area contributed by atoms with E-state index in [-0.39, 0.29) is 6.10 Å². The second-order valence-electron chi connectivity index (χ2n) is 7.63. The molecule has 0 bridgehead atoms. The molecule has 1 aromatic heterocycles. The van der Waals surface area contributed by atoms with Crippen molar-refractivity contribution in [2.24, 2.45) is 0 Å². The summed E-state index contributed by atoms with van der Waals surface area (Å²) in [6.45, 7) is 6.82. The van der Waals surface area contributed by atoms with Gasteiger partial charge in [-0.2, -0.15) is 5.10 Å². The molecule has 1 N–H and O–H groups in total. The van der Waals surface area contributed by atoms with Gasteiger partial charge in [0.25, 0.3) is 0 Å². The van der Waals surface area contributed by atoms with E-state index < -0.39 is 0 Å². The quantitative estimate of drug-likeness (QED) is 0.882. The number of aliphatic hydroxyl groups is 1. The summed E-state index contributed by atoms with van der Waals surface area (Å²) in [6.07, 6.45) is 4.51. The van der Waals surface area contributed by atoms with Crippen LogP contribution >= 0.6 is 0 Å². The largest absolute Gasteiger partial charge is 0.496 e. The van der Waals surface area contributed by atoms with E-state index in [9.17, 15) is 5.11 Å². The first-order valence-electron chi connectivity index (χ1n) is 9.41. The Morgan fingerprint density at radius 1 is 1.23 bits per heavy atom. The fraction of sp³-hybridized carbons (Fsp3) is 0.550. The van der Waals surface area contributed by atoms with Crippen LogP contribution in [0.5, 0.6) is 5.75 Å². The van der Waals surface area contributed by atoms with E-state index in [0.717, 1.165) is 43.9 Å². The lowest BCUT2D eigenvalue weighted by Crippen LogP contribution is -2.54. The van der Waals surface area contributed by atoms with Gasteiger partial charge in [0, 0.05) is 56.2 Å². The van der Waals surface area contributed by atoms with Crippen LogP contribution in [0.4, 0.5) is 0 Å². The Labute approximate surface area is 155 Å². The monoisotopic (exact) mass is 356 g/mol. The first-order chi connectivity index (χ1) is 12.6. The molecule has 26 heavy (non-hydrogen) atoms. The third kappa shape index (κ3) is 3.63. The lowest BCUT2D eigenvalue weighted by atomic mass is 10.0. The van der Waals surface area contributed by atoms with Crippen molar-refractivity contribution in [2.45, 2.75) is 44.6 Å². The average molecular weight is 356 g/mol. The van der Waals surface area contributed by atoms with Crippen LogP contribution in [0.15, 0.2) is 36.7 Å². The predicted octanol–water partition coefficient (Wildman–Crippen LogP) is 1.58. The van der Waals surface area contributed by atoms with Crippen molar-refractivity contribution in [3.05, 3.63) is 47.8 Å². The van der Waals surface area contributed by atoms with Gasteiger partial charge >= 0.3 is 0 Å². The maximum absolute atomic E-state index is 9.96. The highest BCUT2D eigenvalue weighted by Gasteiger charge is 2.37. The molecular weight excluding hydrogens is 328 g/mol. The van der Waals surface area contributed by atoms with Crippen molar-refractivity contribution in [1.82, 2.24) is 19.6 Å². The summed E-state index contributed by atoms with van der Waals surface area (Å²) in [5, 5.41) is 14.3. The lowest BCUT2D eigenvalue weighted by Gasteiger charge is -2.42. The number of hydrogen-bond acceptors (Lipinski definition) is 5. The van der Waals surface area contributed by atoms with Crippen LogP contribution in [0.3, 0.4) is 0 Å². The Balaban J connectivity index is 1.49. The summed E-state index contributed by atoms with van der Waals surface area (Å²) in [7, 11) is 1.72. The van der Waals surface area contributed by atoms with Crippen molar-refractivity contribution >= 4 is 0 Å². The van der Waals surface area contributed by atoms with Crippen LogP contribution in [-0.4, -0.2) is 69.6 Å². The molecule has 0 unspecified atom stereocenters. The molecule has 2 aliphatic heterocycles. The fourth-order valence-corrected chi connectivity index (χ4v) is 4.35. The summed E-state index contributed by atoms with van der Waals surface area (Å²) < 4.78 is 7.46. The summed E-state index contributed by atoms with van der Waals surface area (Å²) in [6, 6.07) is 9.38. The smallest absolute Gasteiger partial charge is 0.123 e. The van der Waals surface area contributed by atoms with Gasteiger partial charge in [-0.15, -0.1) is 0 Å². The molecule has 2 aromatic rings. The van der Waals surface area contributed by atoms with Gasteiger partial charge in [0.05, 0.1) is 19.8 Å². The van der Waals surface area contributed by atoms with E-state index in [2.05, 4.69) is 40.0 Å². The number of fused-ring (bicyclic) bond motifs is 1. The molecule has 2 fully saturated rings. The van der Waals surface area contributed by atoms with Gasteiger partial charge in [0.2, 0.25) is 0 Å². The molecule has 0 spiro atoms. The zero-order valence-electron chi connectivity index (χ0n) is 15.6. The van der Waals surface area contributed by atoms with E-state index in [0.29, 0.717) is 18.6 Å². The Kier molecular flexibility index (Phi) is 4.98. The van der Waals surface area contributed by atoms with Gasteiger partial charge in [0.15, 0.2) is 0 Å². The summed E-state index contributed by atoms with van der Waals surface area (Å²) in [5.41, 5.74) is 2.45. The molecule has 140 valence electrons. The van der Waals surface area contributed by atoms with Gasteiger partial charge < -0.3 is 9.84 Å². The number of aromatic nitrogens is 2. The van der Waals surface area contributed by atoms with Gasteiger partial charge in [-0.25, -0.2) is 0 Å². The Morgan fingerprint density at radius 2 is 2.12 bits per heavy atom. The number of methoxy groups -OCH3 is 1. The average Bonchev–Trinajstić information content (AvgIpc) is 3.24. The number of rotatable bonds is 5. The van der Waals surface area contributed by atoms with Crippen molar-refractivity contribution < 1.29 is 9.84 Å². The van der Waals surface area contributed by atoms with Crippen LogP contribution in [0.1, 0.15) is 24.5 Å². The standard InChI is InChI=1S/C20H28N4O2/c1-15-10-23-14-19(25)9-18(23)13-22(15)11-16-4-5-20(26-2)17(8-16)12-24-7-3-6-21-24/h3-8,15,18-19,25H,9-14H2,1-2H3/t15-,18-,19+/m0/s1. The second kappa shape index (κ2) is 7.39. The highest BCUT2D eigenvalue weighted by molar-refractivity contribution is 5.37. The lowest BCUT2D eigenvalue weighted by molar-refractivity contribution is 0.0528. The predicted molar refractivity (Wildman–Crippen MR) is 100 cm³/mol. The number of nitrogens with zero attached hydrogens (tertiary/aromatic N) is 4. The van der Waals surface area contributed by atoms with E-state index in [1.165, 1.54) is 5.56 Å². The number of aliphatic hydroxyl groups excluding tert-OH is 1. The topological polar surface area (TPSA) is 53.8 Å². The molecule has 2 aliphatic rings. The van der Waals surface area contributed by atoms with Crippen molar-refractivity contribution in [3.63, 3.8) is 0 Å². The molecule has 4 rings (SSSR count). The van der Waals surface area contributed by atoms with E-state index in [1.54, 1.807) is 13.3 Å². The number of piperazine rings is 1. The molecular formula is C20H28N4O2.